The monoisotopic (exact) mass is 275 g/mol. The molecule has 1 amide bonds. The SMILES string of the molecule is Cc1cc(O)cc(OCc2cc(C(N)=O)ccc2F)c1. The summed E-state index contributed by atoms with van der Waals surface area (Å²) in [7, 11) is 0. The predicted molar refractivity (Wildman–Crippen MR) is 72.1 cm³/mol. The van der Waals surface area contributed by atoms with Crippen LogP contribution in [0.5, 0.6) is 11.5 Å². The van der Waals surface area contributed by atoms with E-state index in [0.717, 1.165) is 5.56 Å². The summed E-state index contributed by atoms with van der Waals surface area (Å²) in [5.74, 6) is -0.607. The molecule has 2 aromatic carbocycles. The number of ether oxygens (including phenoxy) is 1. The van der Waals surface area contributed by atoms with Gasteiger partial charge in [-0.05, 0) is 42.8 Å². The number of hydrogen-bond acceptors (Lipinski definition) is 3. The van der Waals surface area contributed by atoms with E-state index < -0.39 is 11.7 Å². The zero-order chi connectivity index (χ0) is 14.7. The van der Waals surface area contributed by atoms with E-state index in [9.17, 15) is 14.3 Å². The highest BCUT2D eigenvalue weighted by Crippen LogP contribution is 2.22. The Labute approximate surface area is 115 Å². The van der Waals surface area contributed by atoms with Gasteiger partial charge in [0, 0.05) is 17.2 Å². The van der Waals surface area contributed by atoms with E-state index in [1.165, 1.54) is 24.3 Å². The third kappa shape index (κ3) is 3.26. The fourth-order valence-electron chi connectivity index (χ4n) is 1.81. The van der Waals surface area contributed by atoms with Crippen molar-refractivity contribution in [1.82, 2.24) is 0 Å². The minimum atomic E-state index is -0.626. The van der Waals surface area contributed by atoms with Gasteiger partial charge in [-0.2, -0.15) is 0 Å². The molecule has 0 spiro atoms. The summed E-state index contributed by atoms with van der Waals surface area (Å²) in [5.41, 5.74) is 6.41. The highest BCUT2D eigenvalue weighted by atomic mass is 19.1. The van der Waals surface area contributed by atoms with Crippen molar-refractivity contribution in [3.63, 3.8) is 0 Å². The summed E-state index contributed by atoms with van der Waals surface area (Å²) in [4.78, 5) is 11.1. The molecule has 0 bridgehead atoms. The smallest absolute Gasteiger partial charge is 0.248 e. The lowest BCUT2D eigenvalue weighted by Crippen LogP contribution is -2.12. The first-order valence-electron chi connectivity index (χ1n) is 5.97. The lowest BCUT2D eigenvalue weighted by molar-refractivity contribution is 0.1000. The van der Waals surface area contributed by atoms with Gasteiger partial charge in [0.1, 0.15) is 23.9 Å². The number of rotatable bonds is 4. The number of phenols is 1. The Morgan fingerprint density at radius 2 is 2.05 bits per heavy atom. The van der Waals surface area contributed by atoms with Crippen LogP contribution in [0.3, 0.4) is 0 Å². The molecular formula is C15H14FNO3. The van der Waals surface area contributed by atoms with E-state index in [4.69, 9.17) is 10.5 Å². The van der Waals surface area contributed by atoms with Gasteiger partial charge >= 0.3 is 0 Å². The standard InChI is InChI=1S/C15H14FNO3/c1-9-4-12(18)7-13(5-9)20-8-11-6-10(15(17)19)2-3-14(11)16/h2-7,18H,8H2,1H3,(H2,17,19). The number of hydrogen-bond donors (Lipinski definition) is 2. The fraction of sp³-hybridized carbons (Fsp3) is 0.133. The highest BCUT2D eigenvalue weighted by Gasteiger charge is 2.08. The van der Waals surface area contributed by atoms with Crippen LogP contribution < -0.4 is 10.5 Å². The average molecular weight is 275 g/mol. The van der Waals surface area contributed by atoms with Crippen molar-refractivity contribution in [2.75, 3.05) is 0 Å². The van der Waals surface area contributed by atoms with Crippen LogP contribution in [0.4, 0.5) is 4.39 Å². The van der Waals surface area contributed by atoms with Crippen LogP contribution in [0.25, 0.3) is 0 Å². The minimum Gasteiger partial charge on any atom is -0.508 e. The predicted octanol–water partition coefficient (Wildman–Crippen LogP) is 2.52. The summed E-state index contributed by atoms with van der Waals surface area (Å²) < 4.78 is 19.0. The van der Waals surface area contributed by atoms with Crippen molar-refractivity contribution in [2.24, 2.45) is 5.73 Å². The Bertz CT molecular complexity index is 635. The van der Waals surface area contributed by atoms with Crippen LogP contribution in [-0.4, -0.2) is 11.0 Å². The molecule has 0 aliphatic rings. The van der Waals surface area contributed by atoms with E-state index in [2.05, 4.69) is 0 Å². The number of carbonyl (C=O) groups is 1. The quantitative estimate of drug-likeness (QED) is 0.900. The van der Waals surface area contributed by atoms with Gasteiger partial charge in [0.15, 0.2) is 0 Å². The van der Waals surface area contributed by atoms with Gasteiger partial charge in [-0.1, -0.05) is 0 Å². The molecule has 0 radical (unpaired) electrons. The largest absolute Gasteiger partial charge is 0.508 e. The Balaban J connectivity index is 2.18. The maximum atomic E-state index is 13.6. The average Bonchev–Trinajstić information content (AvgIpc) is 2.36. The molecule has 0 fully saturated rings. The molecule has 2 aromatic rings. The summed E-state index contributed by atoms with van der Waals surface area (Å²) in [5, 5.41) is 9.45. The zero-order valence-corrected chi connectivity index (χ0v) is 10.9. The molecule has 4 nitrogen and oxygen atoms in total. The number of primary amides is 1. The lowest BCUT2D eigenvalue weighted by Gasteiger charge is -2.09. The molecule has 2 rings (SSSR count). The summed E-state index contributed by atoms with van der Waals surface area (Å²) in [6, 6.07) is 8.58. The molecule has 0 aromatic heterocycles. The van der Waals surface area contributed by atoms with Crippen LogP contribution >= 0.6 is 0 Å². The van der Waals surface area contributed by atoms with Crippen molar-refractivity contribution < 1.29 is 19.0 Å². The normalized spacial score (nSPS) is 10.3. The van der Waals surface area contributed by atoms with Crippen molar-refractivity contribution in [2.45, 2.75) is 13.5 Å². The summed E-state index contributed by atoms with van der Waals surface area (Å²) in [6.07, 6.45) is 0. The Morgan fingerprint density at radius 3 is 2.70 bits per heavy atom. The maximum Gasteiger partial charge on any atom is 0.248 e. The molecule has 104 valence electrons. The van der Waals surface area contributed by atoms with Crippen LogP contribution in [0.2, 0.25) is 0 Å². The third-order valence-electron chi connectivity index (χ3n) is 2.76. The first kappa shape index (κ1) is 13.9. The highest BCUT2D eigenvalue weighted by molar-refractivity contribution is 5.92. The number of aromatic hydroxyl groups is 1. The molecule has 0 atom stereocenters. The molecule has 0 aliphatic carbocycles. The van der Waals surface area contributed by atoms with Gasteiger partial charge < -0.3 is 15.6 Å². The molecule has 0 unspecified atom stereocenters. The Hall–Kier alpha value is -2.56. The number of phenolic OH excluding ortho intramolecular Hbond substituents is 1. The molecule has 3 N–H and O–H groups in total. The van der Waals surface area contributed by atoms with E-state index in [-0.39, 0.29) is 23.5 Å². The van der Waals surface area contributed by atoms with Crippen molar-refractivity contribution in [3.05, 3.63) is 58.9 Å². The number of benzene rings is 2. The molecular weight excluding hydrogens is 261 g/mol. The van der Waals surface area contributed by atoms with Gasteiger partial charge in [0.05, 0.1) is 0 Å². The van der Waals surface area contributed by atoms with Gasteiger partial charge in [0.25, 0.3) is 0 Å². The molecule has 0 saturated carbocycles. The van der Waals surface area contributed by atoms with E-state index in [0.29, 0.717) is 5.75 Å². The number of halogens is 1. The first-order chi connectivity index (χ1) is 9.45. The second kappa shape index (κ2) is 5.61. The lowest BCUT2D eigenvalue weighted by atomic mass is 10.1. The van der Waals surface area contributed by atoms with E-state index >= 15 is 0 Å². The third-order valence-corrected chi connectivity index (χ3v) is 2.76. The van der Waals surface area contributed by atoms with Crippen molar-refractivity contribution >= 4 is 5.91 Å². The maximum absolute atomic E-state index is 13.6. The molecule has 0 saturated heterocycles. The topological polar surface area (TPSA) is 72.6 Å². The molecule has 20 heavy (non-hydrogen) atoms. The second-order valence-corrected chi connectivity index (χ2v) is 4.46. The van der Waals surface area contributed by atoms with E-state index in [1.807, 2.05) is 0 Å². The fourth-order valence-corrected chi connectivity index (χ4v) is 1.81. The molecule has 0 heterocycles. The number of nitrogens with two attached hydrogens (primary N) is 1. The van der Waals surface area contributed by atoms with Gasteiger partial charge in [-0.25, -0.2) is 4.39 Å². The number of amides is 1. The first-order valence-corrected chi connectivity index (χ1v) is 5.97. The van der Waals surface area contributed by atoms with Crippen molar-refractivity contribution in [3.8, 4) is 11.5 Å². The molecule has 0 aliphatic heterocycles. The van der Waals surface area contributed by atoms with Crippen LogP contribution in [0, 0.1) is 12.7 Å². The van der Waals surface area contributed by atoms with Gasteiger partial charge in [0.2, 0.25) is 5.91 Å². The van der Waals surface area contributed by atoms with Gasteiger partial charge in [-0.15, -0.1) is 0 Å². The summed E-state index contributed by atoms with van der Waals surface area (Å²) in [6.45, 7) is 1.75. The van der Waals surface area contributed by atoms with Gasteiger partial charge in [-0.3, -0.25) is 4.79 Å². The van der Waals surface area contributed by atoms with E-state index in [1.54, 1.807) is 19.1 Å². The Kier molecular flexibility index (Phi) is 3.89. The number of carbonyl (C=O) groups excluding carboxylic acids is 1. The van der Waals surface area contributed by atoms with Crippen molar-refractivity contribution in [1.29, 1.82) is 0 Å². The van der Waals surface area contributed by atoms with Crippen LogP contribution in [-0.2, 0) is 6.61 Å². The second-order valence-electron chi connectivity index (χ2n) is 4.46. The molecule has 5 heteroatoms. The van der Waals surface area contributed by atoms with Crippen LogP contribution in [0.15, 0.2) is 36.4 Å². The number of aryl methyl sites for hydroxylation is 1. The van der Waals surface area contributed by atoms with Crippen LogP contribution in [0.1, 0.15) is 21.5 Å². The Morgan fingerprint density at radius 1 is 1.30 bits per heavy atom. The summed E-state index contributed by atoms with van der Waals surface area (Å²) >= 11 is 0. The minimum absolute atomic E-state index is 0.0597. The zero-order valence-electron chi connectivity index (χ0n) is 10.9.